The molecule has 0 radical (unpaired) electrons. The van der Waals surface area contributed by atoms with Gasteiger partial charge in [-0.3, -0.25) is 0 Å². The fourth-order valence-corrected chi connectivity index (χ4v) is 1.16. The molecule has 1 aromatic rings. The Labute approximate surface area is 68.3 Å². The summed E-state index contributed by atoms with van der Waals surface area (Å²) in [4.78, 5) is 2.44. The normalized spacial score (nSPS) is 11.6. The highest BCUT2D eigenvalue weighted by atomic mass is 32.3. The molecule has 0 aromatic carbocycles. The number of aromatic nitrogens is 1. The Morgan fingerprint density at radius 1 is 1.50 bits per heavy atom. The zero-order chi connectivity index (χ0) is 9.35. The summed E-state index contributed by atoms with van der Waals surface area (Å²) >= 11 is 0. The molecule has 0 atom stereocenters. The lowest BCUT2D eigenvalue weighted by Crippen LogP contribution is -1.96. The highest BCUT2D eigenvalue weighted by Gasteiger charge is 2.13. The van der Waals surface area contributed by atoms with E-state index in [1.54, 1.807) is 0 Å². The number of aryl methyl sites for hydroxylation is 1. The van der Waals surface area contributed by atoms with E-state index in [1.165, 1.54) is 6.92 Å². The van der Waals surface area contributed by atoms with Crippen LogP contribution in [0, 0.1) is 12.9 Å². The third-order valence-electron chi connectivity index (χ3n) is 1.27. The summed E-state index contributed by atoms with van der Waals surface area (Å²) in [5, 5.41) is 0. The fraction of sp³-hybridized carbons (Fsp3) is 0.167. The first-order valence-corrected chi connectivity index (χ1v) is 4.36. The Morgan fingerprint density at radius 3 is 2.50 bits per heavy atom. The second kappa shape index (κ2) is 2.78. The molecule has 1 rings (SSSR count). The van der Waals surface area contributed by atoms with Crippen molar-refractivity contribution in [1.29, 1.82) is 0 Å². The molecule has 66 valence electrons. The Morgan fingerprint density at radius 2 is 2.08 bits per heavy atom. The molecule has 0 aliphatic heterocycles. The van der Waals surface area contributed by atoms with Gasteiger partial charge in [-0.15, -0.1) is 3.89 Å². The van der Waals surface area contributed by atoms with Gasteiger partial charge in [-0.25, -0.2) is 4.98 Å². The summed E-state index contributed by atoms with van der Waals surface area (Å²) in [7, 11) is -4.77. The van der Waals surface area contributed by atoms with Crippen LogP contribution in [0.25, 0.3) is 0 Å². The second-order valence-corrected chi connectivity index (χ2v) is 3.56. The monoisotopic (exact) mass is 193 g/mol. The highest BCUT2D eigenvalue weighted by Crippen LogP contribution is 2.13. The Hall–Kier alpha value is -1.04. The number of nitrogens with zero attached hydrogens (tertiary/aromatic N) is 1. The quantitative estimate of drug-likeness (QED) is 0.497. The molecule has 1 aromatic heterocycles. The number of hydrogen-bond donors (Lipinski definition) is 0. The molecular formula is C6H5F2NO2S. The van der Waals surface area contributed by atoms with Crippen LogP contribution < -0.4 is 0 Å². The first-order valence-electron chi connectivity index (χ1n) is 2.98. The van der Waals surface area contributed by atoms with E-state index < -0.39 is 21.1 Å². The average molecular weight is 193 g/mol. The summed E-state index contributed by atoms with van der Waals surface area (Å²) in [6, 6.07) is 0.887. The van der Waals surface area contributed by atoms with Crippen LogP contribution in [0.3, 0.4) is 0 Å². The molecule has 0 N–H and O–H groups in total. The molecule has 0 aliphatic rings. The van der Waals surface area contributed by atoms with E-state index in [2.05, 4.69) is 4.98 Å². The minimum Gasteiger partial charge on any atom is -0.227 e. The molecule has 0 unspecified atom stereocenters. The van der Waals surface area contributed by atoms with E-state index >= 15 is 0 Å². The van der Waals surface area contributed by atoms with Crippen LogP contribution in [0.1, 0.15) is 5.56 Å². The lowest BCUT2D eigenvalue weighted by molar-refractivity contribution is 0.546. The number of halogens is 2. The first kappa shape index (κ1) is 9.05. The molecule has 0 spiro atoms. The maximum atomic E-state index is 12.5. The van der Waals surface area contributed by atoms with E-state index in [9.17, 15) is 16.7 Å². The second-order valence-electron chi connectivity index (χ2n) is 2.22. The average Bonchev–Trinajstić information content (AvgIpc) is 1.92. The van der Waals surface area contributed by atoms with Gasteiger partial charge in [-0.05, 0) is 13.0 Å². The molecule has 0 amide bonds. The van der Waals surface area contributed by atoms with Gasteiger partial charge in [-0.2, -0.15) is 12.8 Å². The van der Waals surface area contributed by atoms with E-state index in [4.69, 9.17) is 0 Å². The van der Waals surface area contributed by atoms with Crippen LogP contribution in [-0.2, 0) is 10.2 Å². The molecular weight excluding hydrogens is 188 g/mol. The van der Waals surface area contributed by atoms with Gasteiger partial charge < -0.3 is 0 Å². The van der Waals surface area contributed by atoms with Crippen LogP contribution in [0.2, 0.25) is 0 Å². The topological polar surface area (TPSA) is 47.0 Å². The van der Waals surface area contributed by atoms with Gasteiger partial charge in [0.15, 0.2) is 0 Å². The maximum Gasteiger partial charge on any atom is 0.333 e. The van der Waals surface area contributed by atoms with Crippen LogP contribution in [0.4, 0.5) is 8.28 Å². The zero-order valence-electron chi connectivity index (χ0n) is 6.08. The third kappa shape index (κ3) is 1.76. The number of pyridine rings is 1. The summed E-state index contributed by atoms with van der Waals surface area (Å²) < 4.78 is 45.2. The predicted molar refractivity (Wildman–Crippen MR) is 37.2 cm³/mol. The predicted octanol–water partition coefficient (Wildman–Crippen LogP) is 1.19. The maximum absolute atomic E-state index is 12.5. The van der Waals surface area contributed by atoms with Crippen LogP contribution in [-0.4, -0.2) is 13.4 Å². The van der Waals surface area contributed by atoms with Crippen molar-refractivity contribution in [3.05, 3.63) is 23.8 Å². The Balaban J connectivity index is 3.33. The van der Waals surface area contributed by atoms with E-state index in [0.29, 0.717) is 6.20 Å². The van der Waals surface area contributed by atoms with Crippen molar-refractivity contribution in [2.75, 3.05) is 0 Å². The summed E-state index contributed by atoms with van der Waals surface area (Å²) in [5.41, 5.74) is -0.00581. The van der Waals surface area contributed by atoms with Crippen molar-refractivity contribution in [1.82, 2.24) is 4.98 Å². The van der Waals surface area contributed by atoms with Gasteiger partial charge in [0.05, 0.1) is 6.20 Å². The van der Waals surface area contributed by atoms with Crippen LogP contribution in [0.5, 0.6) is 0 Å². The minimum absolute atomic E-state index is 0.00581. The number of rotatable bonds is 1. The summed E-state index contributed by atoms with van der Waals surface area (Å²) in [5.74, 6) is -0.803. The van der Waals surface area contributed by atoms with Gasteiger partial charge in [-0.1, -0.05) is 0 Å². The van der Waals surface area contributed by atoms with Crippen molar-refractivity contribution in [2.24, 2.45) is 0 Å². The Kier molecular flexibility index (Phi) is 2.10. The molecule has 12 heavy (non-hydrogen) atoms. The lowest BCUT2D eigenvalue weighted by atomic mass is 10.3. The zero-order valence-corrected chi connectivity index (χ0v) is 6.90. The van der Waals surface area contributed by atoms with Gasteiger partial charge in [0.1, 0.15) is 4.90 Å². The number of hydrogen-bond acceptors (Lipinski definition) is 3. The molecule has 6 heteroatoms. The SMILES string of the molecule is Cc1cc(S(=O)(=O)F)cnc1F. The van der Waals surface area contributed by atoms with Crippen LogP contribution in [0.15, 0.2) is 17.2 Å². The van der Waals surface area contributed by atoms with Gasteiger partial charge >= 0.3 is 10.2 Å². The largest absolute Gasteiger partial charge is 0.333 e. The molecule has 1 heterocycles. The summed E-state index contributed by atoms with van der Waals surface area (Å²) in [6.45, 7) is 1.30. The highest BCUT2D eigenvalue weighted by molar-refractivity contribution is 7.86. The van der Waals surface area contributed by atoms with Crippen molar-refractivity contribution in [3.8, 4) is 0 Å². The van der Waals surface area contributed by atoms with Gasteiger partial charge in [0.2, 0.25) is 5.95 Å². The molecule has 0 saturated heterocycles. The van der Waals surface area contributed by atoms with Crippen molar-refractivity contribution in [2.45, 2.75) is 11.8 Å². The standard InChI is InChI=1S/C6H5F2NO2S/c1-4-2-5(12(8,10)11)3-9-6(4)7/h2-3H,1H3. The van der Waals surface area contributed by atoms with E-state index in [0.717, 1.165) is 6.07 Å². The van der Waals surface area contributed by atoms with E-state index in [-0.39, 0.29) is 5.56 Å². The third-order valence-corrected chi connectivity index (χ3v) is 2.06. The van der Waals surface area contributed by atoms with Gasteiger partial charge in [0, 0.05) is 5.56 Å². The molecule has 0 bridgehead atoms. The molecule has 0 saturated carbocycles. The van der Waals surface area contributed by atoms with Crippen molar-refractivity contribution in [3.63, 3.8) is 0 Å². The lowest BCUT2D eigenvalue weighted by Gasteiger charge is -1.96. The Bertz CT molecular complexity index is 402. The fourth-order valence-electron chi connectivity index (χ4n) is 0.666. The molecule has 0 aliphatic carbocycles. The van der Waals surface area contributed by atoms with Gasteiger partial charge in [0.25, 0.3) is 0 Å². The van der Waals surface area contributed by atoms with Crippen molar-refractivity contribution >= 4 is 10.2 Å². The molecule has 3 nitrogen and oxygen atoms in total. The molecule has 0 fully saturated rings. The van der Waals surface area contributed by atoms with E-state index in [1.807, 2.05) is 0 Å². The minimum atomic E-state index is -4.77. The summed E-state index contributed by atoms with van der Waals surface area (Å²) in [6.07, 6.45) is 0.637. The smallest absolute Gasteiger partial charge is 0.227 e. The van der Waals surface area contributed by atoms with Crippen LogP contribution >= 0.6 is 0 Å². The first-order chi connectivity index (χ1) is 5.41. The van der Waals surface area contributed by atoms with Crippen molar-refractivity contribution < 1.29 is 16.7 Å².